The molecule has 1 amide bonds. The number of amides is 1. The van der Waals surface area contributed by atoms with E-state index in [1.54, 1.807) is 12.4 Å². The van der Waals surface area contributed by atoms with Gasteiger partial charge in [0.2, 0.25) is 0 Å². The largest absolute Gasteiger partial charge is 0.339 e. The number of carbonyl (C=O) groups is 1. The van der Waals surface area contributed by atoms with Crippen LogP contribution in [-0.2, 0) is 13.0 Å². The van der Waals surface area contributed by atoms with Crippen LogP contribution in [0.5, 0.6) is 0 Å². The number of carbonyl (C=O) groups excluding carboxylic acids is 1. The Kier molecular flexibility index (Phi) is 5.23. The second-order valence-corrected chi connectivity index (χ2v) is 6.43. The Hall–Kier alpha value is -2.24. The lowest BCUT2D eigenvalue weighted by molar-refractivity contribution is 0.0684. The predicted molar refractivity (Wildman–Crippen MR) is 91.6 cm³/mol. The fourth-order valence-electron chi connectivity index (χ4n) is 3.22. The minimum atomic E-state index is 0.0570. The number of likely N-dealkylation sites (tertiary alicyclic amines) is 1. The van der Waals surface area contributed by atoms with E-state index in [-0.39, 0.29) is 5.91 Å². The zero-order chi connectivity index (χ0) is 16.9. The second-order valence-electron chi connectivity index (χ2n) is 6.43. The molecular formula is C18H25N5O. The molecule has 0 aliphatic carbocycles. The van der Waals surface area contributed by atoms with Gasteiger partial charge in [0.05, 0.1) is 5.56 Å². The molecule has 6 heteroatoms. The number of aromatic nitrogens is 4. The molecule has 1 aliphatic rings. The topological polar surface area (TPSA) is 63.9 Å². The van der Waals surface area contributed by atoms with Crippen LogP contribution in [0.2, 0.25) is 0 Å². The van der Waals surface area contributed by atoms with E-state index < -0.39 is 0 Å². The van der Waals surface area contributed by atoms with Crippen molar-refractivity contribution in [3.63, 3.8) is 0 Å². The third kappa shape index (κ3) is 3.80. The van der Waals surface area contributed by atoms with Crippen LogP contribution in [-0.4, -0.2) is 43.4 Å². The summed E-state index contributed by atoms with van der Waals surface area (Å²) in [5, 5.41) is 0. The number of piperidine rings is 1. The molecule has 0 spiro atoms. The normalized spacial score (nSPS) is 15.7. The van der Waals surface area contributed by atoms with Crippen molar-refractivity contribution in [2.45, 2.75) is 46.1 Å². The van der Waals surface area contributed by atoms with Crippen LogP contribution in [0.1, 0.15) is 48.2 Å². The Morgan fingerprint density at radius 2 is 1.92 bits per heavy atom. The Morgan fingerprint density at radius 3 is 2.50 bits per heavy atom. The average molecular weight is 327 g/mol. The molecule has 0 atom stereocenters. The summed E-state index contributed by atoms with van der Waals surface area (Å²) in [6, 6.07) is 0. The van der Waals surface area contributed by atoms with Gasteiger partial charge in [-0.05, 0) is 32.1 Å². The Balaban J connectivity index is 1.49. The molecule has 24 heavy (non-hydrogen) atoms. The van der Waals surface area contributed by atoms with E-state index in [0.717, 1.165) is 57.0 Å². The zero-order valence-corrected chi connectivity index (χ0v) is 14.5. The Labute approximate surface area is 142 Å². The molecule has 0 bridgehead atoms. The number of imidazole rings is 1. The highest BCUT2D eigenvalue weighted by Gasteiger charge is 2.24. The predicted octanol–water partition coefficient (Wildman–Crippen LogP) is 2.49. The van der Waals surface area contributed by atoms with Crippen molar-refractivity contribution < 1.29 is 4.79 Å². The molecule has 3 heterocycles. The van der Waals surface area contributed by atoms with Gasteiger partial charge in [-0.3, -0.25) is 4.79 Å². The molecule has 1 saturated heterocycles. The number of aryl methyl sites for hydroxylation is 3. The van der Waals surface area contributed by atoms with Crippen molar-refractivity contribution in [3.05, 3.63) is 42.0 Å². The van der Waals surface area contributed by atoms with Crippen LogP contribution >= 0.6 is 0 Å². The van der Waals surface area contributed by atoms with E-state index in [0.29, 0.717) is 11.5 Å². The smallest absolute Gasteiger partial charge is 0.256 e. The van der Waals surface area contributed by atoms with Crippen LogP contribution in [0.3, 0.4) is 0 Å². The van der Waals surface area contributed by atoms with Crippen molar-refractivity contribution in [3.8, 4) is 0 Å². The van der Waals surface area contributed by atoms with Crippen LogP contribution < -0.4 is 0 Å². The summed E-state index contributed by atoms with van der Waals surface area (Å²) in [5.74, 6) is 2.58. The molecule has 0 unspecified atom stereocenters. The van der Waals surface area contributed by atoms with Crippen LogP contribution in [0, 0.1) is 12.8 Å². The van der Waals surface area contributed by atoms with E-state index in [1.165, 1.54) is 0 Å². The lowest BCUT2D eigenvalue weighted by Gasteiger charge is -2.32. The number of hydrogen-bond acceptors (Lipinski definition) is 4. The molecule has 0 radical (unpaired) electrons. The van der Waals surface area contributed by atoms with E-state index in [9.17, 15) is 4.79 Å². The van der Waals surface area contributed by atoms with Gasteiger partial charge in [-0.1, -0.05) is 6.92 Å². The van der Waals surface area contributed by atoms with Crippen LogP contribution in [0.4, 0.5) is 0 Å². The molecule has 1 fully saturated rings. The van der Waals surface area contributed by atoms with Gasteiger partial charge in [0.25, 0.3) is 5.91 Å². The number of nitrogens with zero attached hydrogens (tertiary/aromatic N) is 5. The maximum atomic E-state index is 12.5. The first kappa shape index (κ1) is 16.6. The van der Waals surface area contributed by atoms with Gasteiger partial charge < -0.3 is 9.47 Å². The fourth-order valence-corrected chi connectivity index (χ4v) is 3.22. The summed E-state index contributed by atoms with van der Waals surface area (Å²) < 4.78 is 2.20. The molecule has 0 aromatic carbocycles. The molecule has 3 rings (SSSR count). The van der Waals surface area contributed by atoms with Crippen LogP contribution in [0.15, 0.2) is 24.8 Å². The highest BCUT2D eigenvalue weighted by Crippen LogP contribution is 2.22. The van der Waals surface area contributed by atoms with Gasteiger partial charge in [0.15, 0.2) is 0 Å². The van der Waals surface area contributed by atoms with Gasteiger partial charge in [-0.25, -0.2) is 15.0 Å². The summed E-state index contributed by atoms with van der Waals surface area (Å²) in [4.78, 5) is 27.2. The fraction of sp³-hybridized carbons (Fsp3) is 0.556. The van der Waals surface area contributed by atoms with Gasteiger partial charge in [0, 0.05) is 50.8 Å². The second kappa shape index (κ2) is 7.55. The quantitative estimate of drug-likeness (QED) is 0.846. The maximum absolute atomic E-state index is 12.5. The average Bonchev–Trinajstić information content (AvgIpc) is 3.05. The van der Waals surface area contributed by atoms with Crippen molar-refractivity contribution in [1.29, 1.82) is 0 Å². The van der Waals surface area contributed by atoms with Gasteiger partial charge in [-0.2, -0.15) is 0 Å². The third-order valence-corrected chi connectivity index (χ3v) is 4.87. The Morgan fingerprint density at radius 1 is 1.21 bits per heavy atom. The van der Waals surface area contributed by atoms with Gasteiger partial charge in [-0.15, -0.1) is 0 Å². The molecule has 128 valence electrons. The summed E-state index contributed by atoms with van der Waals surface area (Å²) >= 11 is 0. The van der Waals surface area contributed by atoms with E-state index >= 15 is 0 Å². The van der Waals surface area contributed by atoms with Crippen molar-refractivity contribution >= 4 is 5.91 Å². The molecule has 2 aromatic heterocycles. The standard InChI is InChI=1S/C18H25N5O/c1-3-17-20-12-16(13-21-17)18(24)23-9-5-15(6-10-23)4-8-22-11-7-19-14(22)2/h7,11-13,15H,3-6,8-10H2,1-2H3. The molecule has 0 saturated carbocycles. The third-order valence-electron chi connectivity index (χ3n) is 4.87. The summed E-state index contributed by atoms with van der Waals surface area (Å²) in [6.07, 6.45) is 11.3. The summed E-state index contributed by atoms with van der Waals surface area (Å²) in [7, 11) is 0. The Bertz CT molecular complexity index is 671. The molecule has 0 N–H and O–H groups in total. The minimum absolute atomic E-state index is 0.0570. The molecule has 2 aromatic rings. The SMILES string of the molecule is CCc1ncc(C(=O)N2CCC(CCn3ccnc3C)CC2)cn1. The van der Waals surface area contributed by atoms with E-state index in [1.807, 2.05) is 31.1 Å². The van der Waals surface area contributed by atoms with Crippen molar-refractivity contribution in [1.82, 2.24) is 24.4 Å². The van der Waals surface area contributed by atoms with E-state index in [2.05, 4.69) is 19.5 Å². The minimum Gasteiger partial charge on any atom is -0.339 e. The number of hydrogen-bond donors (Lipinski definition) is 0. The lowest BCUT2D eigenvalue weighted by Crippen LogP contribution is -2.38. The first-order valence-corrected chi connectivity index (χ1v) is 8.75. The summed E-state index contributed by atoms with van der Waals surface area (Å²) in [5.41, 5.74) is 0.597. The van der Waals surface area contributed by atoms with E-state index in [4.69, 9.17) is 0 Å². The summed E-state index contributed by atoms with van der Waals surface area (Å²) in [6.45, 7) is 6.70. The molecule has 6 nitrogen and oxygen atoms in total. The highest BCUT2D eigenvalue weighted by molar-refractivity contribution is 5.93. The van der Waals surface area contributed by atoms with Crippen LogP contribution in [0.25, 0.3) is 0 Å². The molecular weight excluding hydrogens is 302 g/mol. The maximum Gasteiger partial charge on any atom is 0.256 e. The first-order valence-electron chi connectivity index (χ1n) is 8.75. The zero-order valence-electron chi connectivity index (χ0n) is 14.5. The number of rotatable bonds is 5. The van der Waals surface area contributed by atoms with Crippen molar-refractivity contribution in [2.24, 2.45) is 5.92 Å². The first-order chi connectivity index (χ1) is 11.7. The van der Waals surface area contributed by atoms with Crippen molar-refractivity contribution in [2.75, 3.05) is 13.1 Å². The monoisotopic (exact) mass is 327 g/mol. The lowest BCUT2D eigenvalue weighted by atomic mass is 9.93. The highest BCUT2D eigenvalue weighted by atomic mass is 16.2. The van der Waals surface area contributed by atoms with Gasteiger partial charge in [0.1, 0.15) is 11.6 Å². The van der Waals surface area contributed by atoms with Gasteiger partial charge >= 0.3 is 0 Å². The molecule has 1 aliphatic heterocycles.